The molecule has 0 heterocycles. The summed E-state index contributed by atoms with van der Waals surface area (Å²) < 4.78 is 23.3. The predicted octanol–water partition coefficient (Wildman–Crippen LogP) is 5.57. The summed E-state index contributed by atoms with van der Waals surface area (Å²) in [6, 6.07) is 19.6. The zero-order chi connectivity index (χ0) is 22.8. The first-order chi connectivity index (χ1) is 15.6. The van der Waals surface area contributed by atoms with E-state index >= 15 is 0 Å². The molecule has 0 unspecified atom stereocenters. The Balaban J connectivity index is 1.66. The van der Waals surface area contributed by atoms with Crippen LogP contribution in [0.4, 0.5) is 0 Å². The fraction of sp³-hybridized carbons (Fsp3) is 0.240. The Kier molecular flexibility index (Phi) is 8.80. The van der Waals surface area contributed by atoms with Crippen LogP contribution < -0.4 is 24.4 Å². The summed E-state index contributed by atoms with van der Waals surface area (Å²) >= 11 is 3.60. The Labute approximate surface area is 197 Å². The van der Waals surface area contributed by atoms with E-state index in [1.165, 1.54) is 0 Å². The molecule has 168 valence electrons. The minimum Gasteiger partial charge on any atom is -0.493 e. The molecule has 0 saturated carbocycles. The van der Waals surface area contributed by atoms with Gasteiger partial charge in [-0.15, -0.1) is 0 Å². The van der Waals surface area contributed by atoms with Crippen LogP contribution >= 0.6 is 15.9 Å². The summed E-state index contributed by atoms with van der Waals surface area (Å²) in [7, 11) is 3.24. The van der Waals surface area contributed by atoms with Crippen LogP contribution in [0.3, 0.4) is 0 Å². The van der Waals surface area contributed by atoms with Gasteiger partial charge in [-0.25, -0.2) is 0 Å². The van der Waals surface area contributed by atoms with E-state index in [9.17, 15) is 0 Å². The van der Waals surface area contributed by atoms with Crippen LogP contribution in [0.15, 0.2) is 70.2 Å². The number of hydrazone groups is 1. The van der Waals surface area contributed by atoms with E-state index in [4.69, 9.17) is 18.9 Å². The standard InChI is InChI=1S/C25H27BrN2O4/c1-4-31-24-14-20(12-21(26)25(24)32-17-18-8-6-5-7-9-18)16-28-27-15-19-10-11-22(29-2)23(13-19)30-3/h5-14,16,27H,4,15,17H2,1-3H3/b28-16+. The Morgan fingerprint density at radius 2 is 1.66 bits per heavy atom. The van der Waals surface area contributed by atoms with Gasteiger partial charge in [0.15, 0.2) is 23.0 Å². The lowest BCUT2D eigenvalue weighted by molar-refractivity contribution is 0.267. The van der Waals surface area contributed by atoms with E-state index in [1.807, 2.05) is 67.6 Å². The third-order valence-electron chi connectivity index (χ3n) is 4.59. The molecule has 1 N–H and O–H groups in total. The lowest BCUT2D eigenvalue weighted by Crippen LogP contribution is -2.06. The Bertz CT molecular complexity index is 1040. The summed E-state index contributed by atoms with van der Waals surface area (Å²) in [6.45, 7) is 3.49. The van der Waals surface area contributed by atoms with E-state index in [-0.39, 0.29) is 0 Å². The van der Waals surface area contributed by atoms with Gasteiger partial charge in [0.2, 0.25) is 0 Å². The molecule has 0 aliphatic rings. The van der Waals surface area contributed by atoms with Crippen molar-refractivity contribution >= 4 is 22.1 Å². The second-order valence-electron chi connectivity index (χ2n) is 6.82. The normalized spacial score (nSPS) is 10.8. The Morgan fingerprint density at radius 1 is 0.875 bits per heavy atom. The van der Waals surface area contributed by atoms with Crippen LogP contribution in [-0.4, -0.2) is 27.0 Å². The molecule has 32 heavy (non-hydrogen) atoms. The molecule has 0 aliphatic heterocycles. The van der Waals surface area contributed by atoms with Crippen molar-refractivity contribution in [2.45, 2.75) is 20.1 Å². The molecule has 7 heteroatoms. The molecule has 3 aromatic rings. The number of nitrogens with one attached hydrogen (secondary N) is 1. The van der Waals surface area contributed by atoms with E-state index in [0.29, 0.717) is 42.8 Å². The van der Waals surface area contributed by atoms with Crippen molar-refractivity contribution in [1.82, 2.24) is 5.43 Å². The first-order valence-corrected chi connectivity index (χ1v) is 11.0. The molecule has 3 rings (SSSR count). The first kappa shape index (κ1) is 23.5. The second-order valence-corrected chi connectivity index (χ2v) is 7.67. The summed E-state index contributed by atoms with van der Waals surface area (Å²) in [5, 5.41) is 4.34. The number of ether oxygens (including phenoxy) is 4. The highest BCUT2D eigenvalue weighted by Crippen LogP contribution is 2.37. The van der Waals surface area contributed by atoms with Gasteiger partial charge in [0, 0.05) is 0 Å². The van der Waals surface area contributed by atoms with Gasteiger partial charge in [0.1, 0.15) is 6.61 Å². The van der Waals surface area contributed by atoms with Crippen molar-refractivity contribution in [3.05, 3.63) is 81.8 Å². The van der Waals surface area contributed by atoms with Gasteiger partial charge < -0.3 is 24.4 Å². The van der Waals surface area contributed by atoms with Crippen LogP contribution in [0.1, 0.15) is 23.6 Å². The fourth-order valence-corrected chi connectivity index (χ4v) is 3.62. The molecule has 3 aromatic carbocycles. The fourth-order valence-electron chi connectivity index (χ4n) is 3.04. The molecule has 0 amide bonds. The third-order valence-corrected chi connectivity index (χ3v) is 5.18. The molecule has 0 atom stereocenters. The van der Waals surface area contributed by atoms with Crippen molar-refractivity contribution in [2.24, 2.45) is 5.10 Å². The average molecular weight is 499 g/mol. The SMILES string of the molecule is CCOc1cc(/C=N/NCc2ccc(OC)c(OC)c2)cc(Br)c1OCc1ccccc1. The molecule has 0 saturated heterocycles. The minimum absolute atomic E-state index is 0.458. The average Bonchev–Trinajstić information content (AvgIpc) is 2.82. The molecule has 0 spiro atoms. The van der Waals surface area contributed by atoms with Gasteiger partial charge in [-0.2, -0.15) is 5.10 Å². The van der Waals surface area contributed by atoms with Crippen LogP contribution in [0.25, 0.3) is 0 Å². The number of benzene rings is 3. The van der Waals surface area contributed by atoms with Gasteiger partial charge in [-0.05, 0) is 63.8 Å². The molecule has 0 radical (unpaired) electrons. The van der Waals surface area contributed by atoms with Gasteiger partial charge in [0.25, 0.3) is 0 Å². The van der Waals surface area contributed by atoms with Crippen LogP contribution in [0.5, 0.6) is 23.0 Å². The third kappa shape index (κ3) is 6.40. The maximum Gasteiger partial charge on any atom is 0.175 e. The lowest BCUT2D eigenvalue weighted by Gasteiger charge is -2.14. The molecule has 0 bridgehead atoms. The van der Waals surface area contributed by atoms with E-state index < -0.39 is 0 Å². The molecular formula is C25H27BrN2O4. The molecule has 0 aliphatic carbocycles. The number of methoxy groups -OCH3 is 2. The maximum atomic E-state index is 6.03. The molecule has 6 nitrogen and oxygen atoms in total. The smallest absolute Gasteiger partial charge is 0.175 e. The highest BCUT2D eigenvalue weighted by atomic mass is 79.9. The number of hydrogen-bond acceptors (Lipinski definition) is 6. The monoisotopic (exact) mass is 498 g/mol. The van der Waals surface area contributed by atoms with Gasteiger partial charge in [0.05, 0.1) is 38.1 Å². The van der Waals surface area contributed by atoms with Crippen LogP contribution in [0.2, 0.25) is 0 Å². The van der Waals surface area contributed by atoms with Crippen molar-refractivity contribution in [3.63, 3.8) is 0 Å². The van der Waals surface area contributed by atoms with Crippen molar-refractivity contribution in [3.8, 4) is 23.0 Å². The highest BCUT2D eigenvalue weighted by Gasteiger charge is 2.12. The second kappa shape index (κ2) is 12.0. The zero-order valence-corrected chi connectivity index (χ0v) is 20.0. The first-order valence-electron chi connectivity index (χ1n) is 10.2. The molecule has 0 fully saturated rings. The van der Waals surface area contributed by atoms with Gasteiger partial charge in [-0.3, -0.25) is 0 Å². The largest absolute Gasteiger partial charge is 0.493 e. The number of halogens is 1. The van der Waals surface area contributed by atoms with E-state index in [1.54, 1.807) is 20.4 Å². The van der Waals surface area contributed by atoms with Gasteiger partial charge in [-0.1, -0.05) is 36.4 Å². The van der Waals surface area contributed by atoms with Crippen LogP contribution in [-0.2, 0) is 13.2 Å². The maximum absolute atomic E-state index is 6.03. The van der Waals surface area contributed by atoms with E-state index in [2.05, 4.69) is 26.5 Å². The molecule has 0 aromatic heterocycles. The Morgan fingerprint density at radius 3 is 2.38 bits per heavy atom. The van der Waals surface area contributed by atoms with E-state index in [0.717, 1.165) is 21.2 Å². The van der Waals surface area contributed by atoms with Gasteiger partial charge >= 0.3 is 0 Å². The number of rotatable bonds is 11. The number of nitrogens with zero attached hydrogens (tertiary/aromatic N) is 1. The summed E-state index contributed by atoms with van der Waals surface area (Å²) in [6.07, 6.45) is 1.75. The zero-order valence-electron chi connectivity index (χ0n) is 18.4. The summed E-state index contributed by atoms with van der Waals surface area (Å²) in [4.78, 5) is 0. The highest BCUT2D eigenvalue weighted by molar-refractivity contribution is 9.10. The summed E-state index contributed by atoms with van der Waals surface area (Å²) in [5.41, 5.74) is 6.06. The Hall–Kier alpha value is -3.19. The number of hydrogen-bond donors (Lipinski definition) is 1. The predicted molar refractivity (Wildman–Crippen MR) is 130 cm³/mol. The summed E-state index contributed by atoms with van der Waals surface area (Å²) in [5.74, 6) is 2.72. The quantitative estimate of drug-likeness (QED) is 0.276. The molecular weight excluding hydrogens is 472 g/mol. The van der Waals surface area contributed by atoms with Crippen molar-refractivity contribution in [1.29, 1.82) is 0 Å². The van der Waals surface area contributed by atoms with Crippen molar-refractivity contribution in [2.75, 3.05) is 20.8 Å². The lowest BCUT2D eigenvalue weighted by atomic mass is 10.2. The minimum atomic E-state index is 0.458. The van der Waals surface area contributed by atoms with Crippen molar-refractivity contribution < 1.29 is 18.9 Å². The topological polar surface area (TPSA) is 61.3 Å². The van der Waals surface area contributed by atoms with Crippen LogP contribution in [0, 0.1) is 0 Å².